The minimum absolute atomic E-state index is 0.0605. The molecule has 0 aliphatic rings. The van der Waals surface area contributed by atoms with E-state index in [1.54, 1.807) is 0 Å². The van der Waals surface area contributed by atoms with E-state index in [1.165, 1.54) is 24.5 Å². The zero-order valence-electron chi connectivity index (χ0n) is 11.1. The second-order valence-electron chi connectivity index (χ2n) is 4.27. The predicted octanol–water partition coefficient (Wildman–Crippen LogP) is 0.499. The maximum Gasteiger partial charge on any atom is 0.270 e. The first-order valence-corrected chi connectivity index (χ1v) is 7.83. The minimum atomic E-state index is -3.25. The van der Waals surface area contributed by atoms with Crippen LogP contribution in [0, 0.1) is 10.1 Å². The van der Waals surface area contributed by atoms with E-state index in [9.17, 15) is 18.5 Å². The molecule has 0 spiro atoms. The van der Waals surface area contributed by atoms with Crippen LogP contribution in [-0.4, -0.2) is 42.7 Å². The molecule has 10 heteroatoms. The predicted molar refractivity (Wildman–Crippen MR) is 77.5 cm³/mol. The first-order chi connectivity index (χ1) is 9.87. The van der Waals surface area contributed by atoms with Crippen molar-refractivity contribution in [3.05, 3.63) is 34.6 Å². The fraction of sp³-hybridized carbons (Fsp3) is 0.273. The molecule has 0 atom stereocenters. The Labute approximate surface area is 120 Å². The fourth-order valence-corrected chi connectivity index (χ4v) is 2.19. The van der Waals surface area contributed by atoms with Gasteiger partial charge in [-0.1, -0.05) is 0 Å². The minimum Gasteiger partial charge on any atom is -0.368 e. The third kappa shape index (κ3) is 4.07. The molecule has 2 rings (SSSR count). The Balaban J connectivity index is 2.19. The normalized spacial score (nSPS) is 11.5. The van der Waals surface area contributed by atoms with Gasteiger partial charge < -0.3 is 5.32 Å². The maximum atomic E-state index is 10.9. The van der Waals surface area contributed by atoms with E-state index in [2.05, 4.69) is 20.0 Å². The molecule has 112 valence electrons. The van der Waals surface area contributed by atoms with Crippen LogP contribution in [0.5, 0.6) is 0 Å². The van der Waals surface area contributed by atoms with Crippen molar-refractivity contribution in [1.82, 2.24) is 14.7 Å². The molecule has 0 saturated heterocycles. The topological polar surface area (TPSA) is 127 Å². The highest BCUT2D eigenvalue weighted by atomic mass is 32.2. The first kappa shape index (κ1) is 15.1. The Morgan fingerprint density at radius 3 is 2.71 bits per heavy atom. The average molecular weight is 311 g/mol. The average Bonchev–Trinajstić information content (AvgIpc) is 2.42. The van der Waals surface area contributed by atoms with Crippen LogP contribution in [0.15, 0.2) is 24.5 Å². The molecule has 0 aliphatic heterocycles. The summed E-state index contributed by atoms with van der Waals surface area (Å²) in [5.41, 5.74) is 0.504. The summed E-state index contributed by atoms with van der Waals surface area (Å²) >= 11 is 0. The van der Waals surface area contributed by atoms with Gasteiger partial charge in [-0.2, -0.15) is 0 Å². The summed E-state index contributed by atoms with van der Waals surface area (Å²) in [5, 5.41) is 14.2. The van der Waals surface area contributed by atoms with E-state index in [-0.39, 0.29) is 12.2 Å². The van der Waals surface area contributed by atoms with Crippen molar-refractivity contribution >= 4 is 32.4 Å². The van der Waals surface area contributed by atoms with Gasteiger partial charge in [0.05, 0.1) is 16.7 Å². The SMILES string of the molecule is CS(=O)(=O)NCCNc1ncnc2ccc([N+](=O)[O-])cc12. The van der Waals surface area contributed by atoms with Crippen molar-refractivity contribution in [3.8, 4) is 0 Å². The van der Waals surface area contributed by atoms with Gasteiger partial charge >= 0.3 is 0 Å². The van der Waals surface area contributed by atoms with E-state index in [0.29, 0.717) is 23.3 Å². The van der Waals surface area contributed by atoms with Crippen LogP contribution in [-0.2, 0) is 10.0 Å². The highest BCUT2D eigenvalue weighted by Gasteiger charge is 2.10. The molecular formula is C11H13N5O4S. The third-order valence-corrected chi connectivity index (χ3v) is 3.34. The lowest BCUT2D eigenvalue weighted by molar-refractivity contribution is -0.384. The van der Waals surface area contributed by atoms with Gasteiger partial charge in [-0.05, 0) is 6.07 Å². The van der Waals surface area contributed by atoms with Gasteiger partial charge in [-0.15, -0.1) is 0 Å². The Bertz CT molecular complexity index is 777. The summed E-state index contributed by atoms with van der Waals surface area (Å²) in [6, 6.07) is 4.28. The summed E-state index contributed by atoms with van der Waals surface area (Å²) < 4.78 is 24.2. The molecule has 0 radical (unpaired) electrons. The monoisotopic (exact) mass is 311 g/mol. The lowest BCUT2D eigenvalue weighted by Crippen LogP contribution is -2.27. The number of hydrogen-bond acceptors (Lipinski definition) is 7. The largest absolute Gasteiger partial charge is 0.368 e. The zero-order chi connectivity index (χ0) is 15.5. The summed E-state index contributed by atoms with van der Waals surface area (Å²) in [5.74, 6) is 0.416. The third-order valence-electron chi connectivity index (χ3n) is 2.61. The number of hydrogen-bond donors (Lipinski definition) is 2. The Kier molecular flexibility index (Phi) is 4.29. The van der Waals surface area contributed by atoms with Gasteiger partial charge in [-0.3, -0.25) is 10.1 Å². The number of nitro benzene ring substituents is 1. The van der Waals surface area contributed by atoms with Crippen molar-refractivity contribution in [2.75, 3.05) is 24.7 Å². The van der Waals surface area contributed by atoms with Gasteiger partial charge in [0.15, 0.2) is 0 Å². The number of non-ortho nitro benzene ring substituents is 1. The van der Waals surface area contributed by atoms with Crippen LogP contribution in [0.3, 0.4) is 0 Å². The van der Waals surface area contributed by atoms with E-state index in [4.69, 9.17) is 0 Å². The lowest BCUT2D eigenvalue weighted by atomic mass is 10.2. The summed E-state index contributed by atoms with van der Waals surface area (Å²) in [6.07, 6.45) is 2.40. The number of sulfonamides is 1. The van der Waals surface area contributed by atoms with Gasteiger partial charge in [0.25, 0.3) is 5.69 Å². The fourth-order valence-electron chi connectivity index (χ4n) is 1.72. The molecular weight excluding hydrogens is 298 g/mol. The molecule has 0 aliphatic carbocycles. The van der Waals surface area contributed by atoms with Crippen LogP contribution in [0.25, 0.3) is 10.9 Å². The highest BCUT2D eigenvalue weighted by Crippen LogP contribution is 2.23. The standard InChI is InChI=1S/C11H13N5O4S/c1-21(19,20)15-5-4-12-11-9-6-8(16(17)18)2-3-10(9)13-7-14-11/h2-3,6-7,15H,4-5H2,1H3,(H,12,13,14). The van der Waals surface area contributed by atoms with Crippen LogP contribution in [0.1, 0.15) is 0 Å². The van der Waals surface area contributed by atoms with Crippen LogP contribution in [0.2, 0.25) is 0 Å². The number of fused-ring (bicyclic) bond motifs is 1. The molecule has 0 fully saturated rings. The van der Waals surface area contributed by atoms with Crippen LogP contribution < -0.4 is 10.0 Å². The summed E-state index contributed by atoms with van der Waals surface area (Å²) in [4.78, 5) is 18.3. The van der Waals surface area contributed by atoms with E-state index < -0.39 is 14.9 Å². The molecule has 0 amide bonds. The molecule has 1 aromatic carbocycles. The molecule has 0 saturated carbocycles. The number of anilines is 1. The van der Waals surface area contributed by atoms with Crippen molar-refractivity contribution in [2.45, 2.75) is 0 Å². The molecule has 9 nitrogen and oxygen atoms in total. The van der Waals surface area contributed by atoms with Crippen molar-refractivity contribution in [1.29, 1.82) is 0 Å². The molecule has 21 heavy (non-hydrogen) atoms. The van der Waals surface area contributed by atoms with Crippen LogP contribution in [0.4, 0.5) is 11.5 Å². The number of benzene rings is 1. The summed E-state index contributed by atoms with van der Waals surface area (Å²) in [7, 11) is -3.25. The number of nitrogens with one attached hydrogen (secondary N) is 2. The molecule has 0 unspecified atom stereocenters. The van der Waals surface area contributed by atoms with Crippen molar-refractivity contribution in [3.63, 3.8) is 0 Å². The highest BCUT2D eigenvalue weighted by molar-refractivity contribution is 7.88. The Hall–Kier alpha value is -2.33. The number of nitrogens with zero attached hydrogens (tertiary/aromatic N) is 3. The molecule has 1 aromatic heterocycles. The quantitative estimate of drug-likeness (QED) is 0.451. The maximum absolute atomic E-state index is 10.9. The number of rotatable bonds is 6. The van der Waals surface area contributed by atoms with Gasteiger partial charge in [0.2, 0.25) is 10.0 Å². The zero-order valence-corrected chi connectivity index (χ0v) is 11.9. The molecule has 1 heterocycles. The number of nitro groups is 1. The van der Waals surface area contributed by atoms with Gasteiger partial charge in [0, 0.05) is 30.6 Å². The molecule has 0 bridgehead atoms. The van der Waals surface area contributed by atoms with Crippen LogP contribution >= 0.6 is 0 Å². The number of aromatic nitrogens is 2. The van der Waals surface area contributed by atoms with Gasteiger partial charge in [-0.25, -0.2) is 23.1 Å². The van der Waals surface area contributed by atoms with Gasteiger partial charge in [0.1, 0.15) is 12.1 Å². The van der Waals surface area contributed by atoms with Crippen molar-refractivity contribution in [2.24, 2.45) is 0 Å². The van der Waals surface area contributed by atoms with E-state index >= 15 is 0 Å². The Morgan fingerprint density at radius 1 is 1.29 bits per heavy atom. The summed E-state index contributed by atoms with van der Waals surface area (Å²) in [6.45, 7) is 0.473. The first-order valence-electron chi connectivity index (χ1n) is 5.94. The second kappa shape index (κ2) is 5.97. The van der Waals surface area contributed by atoms with E-state index in [1.807, 2.05) is 0 Å². The van der Waals surface area contributed by atoms with Crippen molar-refractivity contribution < 1.29 is 13.3 Å². The van der Waals surface area contributed by atoms with E-state index in [0.717, 1.165) is 6.26 Å². The molecule has 2 N–H and O–H groups in total. The Morgan fingerprint density at radius 2 is 2.05 bits per heavy atom. The second-order valence-corrected chi connectivity index (χ2v) is 6.11. The smallest absolute Gasteiger partial charge is 0.270 e. The lowest BCUT2D eigenvalue weighted by Gasteiger charge is -2.08. The molecule has 2 aromatic rings.